The Kier molecular flexibility index (Phi) is 6.11. The third kappa shape index (κ3) is 5.17. The lowest BCUT2D eigenvalue weighted by Gasteiger charge is -2.08. The van der Waals surface area contributed by atoms with Gasteiger partial charge in [-0.3, -0.25) is 9.59 Å². The number of aromatic hydroxyl groups is 1. The fraction of sp³-hybridized carbons (Fsp3) is 0.158. The Morgan fingerprint density at radius 3 is 2.47 bits per heavy atom. The van der Waals surface area contributed by atoms with Gasteiger partial charge in [0, 0.05) is 5.56 Å². The number of carbonyl (C=O) groups excluding carboxylic acids is 1. The van der Waals surface area contributed by atoms with Crippen molar-refractivity contribution < 1.29 is 33.0 Å². The molecule has 0 aromatic heterocycles. The van der Waals surface area contributed by atoms with Crippen LogP contribution in [0.1, 0.15) is 17.5 Å². The van der Waals surface area contributed by atoms with E-state index in [1.54, 1.807) is 6.07 Å². The summed E-state index contributed by atoms with van der Waals surface area (Å²) in [6.45, 7) is 0. The minimum absolute atomic E-state index is 0.124. The van der Waals surface area contributed by atoms with Crippen molar-refractivity contribution in [1.29, 1.82) is 0 Å². The normalized spacial score (nSPS) is 18.2. The highest BCUT2D eigenvalue weighted by molar-refractivity contribution is 8.15. The molecule has 0 aliphatic carbocycles. The van der Waals surface area contributed by atoms with E-state index in [1.165, 1.54) is 30.5 Å². The lowest BCUT2D eigenvalue weighted by Crippen LogP contribution is -2.26. The second kappa shape index (κ2) is 8.57. The third-order valence-electron chi connectivity index (χ3n) is 4.05. The van der Waals surface area contributed by atoms with Gasteiger partial charge in [0.2, 0.25) is 5.91 Å². The quantitative estimate of drug-likeness (QED) is 0.490. The van der Waals surface area contributed by atoms with Crippen LogP contribution >= 0.6 is 11.8 Å². The Morgan fingerprint density at radius 2 is 1.83 bits per heavy atom. The summed E-state index contributed by atoms with van der Waals surface area (Å²) in [4.78, 5) is 22.4. The lowest BCUT2D eigenvalue weighted by molar-refractivity contribution is -0.138. The predicted molar refractivity (Wildman–Crippen MR) is 105 cm³/mol. The molecule has 0 spiro atoms. The van der Waals surface area contributed by atoms with Crippen LogP contribution in [0.4, 0.5) is 13.2 Å². The number of alkyl halides is 3. The zero-order chi connectivity index (χ0) is 21.9. The summed E-state index contributed by atoms with van der Waals surface area (Å²) in [7, 11) is 0. The largest absolute Gasteiger partial charge is 0.507 e. The van der Waals surface area contributed by atoms with Gasteiger partial charge in [0.1, 0.15) is 11.0 Å². The van der Waals surface area contributed by atoms with Crippen molar-refractivity contribution in [3.63, 3.8) is 0 Å². The highest BCUT2D eigenvalue weighted by atomic mass is 32.2. The van der Waals surface area contributed by atoms with Crippen LogP contribution in [0.5, 0.6) is 5.75 Å². The van der Waals surface area contributed by atoms with Crippen LogP contribution in [0.3, 0.4) is 0 Å². The molecule has 2 aromatic rings. The van der Waals surface area contributed by atoms with E-state index in [4.69, 9.17) is 5.11 Å². The Bertz CT molecular complexity index is 1040. The number of amides is 1. The number of phenolic OH excluding ortho intramolecular Hbond substituents is 1. The number of amidine groups is 1. The summed E-state index contributed by atoms with van der Waals surface area (Å²) >= 11 is 0.930. The van der Waals surface area contributed by atoms with Gasteiger partial charge in [0.05, 0.1) is 18.2 Å². The average Bonchev–Trinajstić information content (AvgIpc) is 3.01. The number of carbonyl (C=O) groups is 2. The molecule has 0 bridgehead atoms. The second-order valence-corrected chi connectivity index (χ2v) is 7.38. The first-order valence-electron chi connectivity index (χ1n) is 8.44. The number of rotatable bonds is 5. The fourth-order valence-corrected chi connectivity index (χ4v) is 3.49. The number of hydrogen-bond acceptors (Lipinski definition) is 6. The number of aliphatic carboxylic acids is 1. The number of thioether (sulfide) groups is 1. The zero-order valence-corrected chi connectivity index (χ0v) is 15.9. The molecule has 1 aliphatic heterocycles. The Labute approximate surface area is 172 Å². The SMILES string of the molecule is O=C(O)CC1SC(=NN=Cc2cc(-c3ccc(C(F)(F)F)cc3)ccc2O)NC1=O. The first kappa shape index (κ1) is 21.4. The molecule has 3 N–H and O–H groups in total. The number of halogens is 3. The number of hydrogen-bond donors (Lipinski definition) is 3. The number of carboxylic acid groups (broad SMARTS) is 1. The molecule has 0 saturated carbocycles. The molecular formula is C19H14F3N3O4S. The molecule has 1 aliphatic rings. The van der Waals surface area contributed by atoms with Gasteiger partial charge in [-0.15, -0.1) is 5.10 Å². The predicted octanol–water partition coefficient (Wildman–Crippen LogP) is 3.47. The molecular weight excluding hydrogens is 423 g/mol. The second-order valence-electron chi connectivity index (χ2n) is 6.19. The van der Waals surface area contributed by atoms with E-state index in [1.807, 2.05) is 0 Å². The van der Waals surface area contributed by atoms with Crippen LogP contribution in [-0.4, -0.2) is 38.7 Å². The lowest BCUT2D eigenvalue weighted by atomic mass is 10.0. The molecule has 1 unspecified atom stereocenters. The van der Waals surface area contributed by atoms with E-state index in [0.29, 0.717) is 11.1 Å². The van der Waals surface area contributed by atoms with Crippen molar-refractivity contribution in [3.05, 3.63) is 53.6 Å². The number of nitrogens with zero attached hydrogens (tertiary/aromatic N) is 2. The molecule has 1 atom stereocenters. The molecule has 2 aromatic carbocycles. The van der Waals surface area contributed by atoms with Gasteiger partial charge < -0.3 is 15.5 Å². The smallest absolute Gasteiger partial charge is 0.416 e. The molecule has 1 heterocycles. The van der Waals surface area contributed by atoms with Crippen molar-refractivity contribution in [3.8, 4) is 16.9 Å². The average molecular weight is 437 g/mol. The monoisotopic (exact) mass is 437 g/mol. The maximum Gasteiger partial charge on any atom is 0.416 e. The summed E-state index contributed by atoms with van der Waals surface area (Å²) < 4.78 is 38.1. The van der Waals surface area contributed by atoms with Crippen LogP contribution in [0.15, 0.2) is 52.7 Å². The molecule has 1 saturated heterocycles. The van der Waals surface area contributed by atoms with Crippen molar-refractivity contribution >= 4 is 35.0 Å². The molecule has 1 amide bonds. The summed E-state index contributed by atoms with van der Waals surface area (Å²) in [6.07, 6.45) is -3.57. The number of benzene rings is 2. The molecule has 3 rings (SSSR count). The van der Waals surface area contributed by atoms with Crippen LogP contribution < -0.4 is 5.32 Å². The summed E-state index contributed by atoms with van der Waals surface area (Å²) in [5, 5.41) is 28.1. The van der Waals surface area contributed by atoms with Crippen molar-refractivity contribution in [2.45, 2.75) is 17.8 Å². The van der Waals surface area contributed by atoms with Crippen molar-refractivity contribution in [2.24, 2.45) is 10.2 Å². The first-order chi connectivity index (χ1) is 14.1. The molecule has 11 heteroatoms. The maximum atomic E-state index is 12.7. The minimum atomic E-state index is -4.43. The topological polar surface area (TPSA) is 111 Å². The summed E-state index contributed by atoms with van der Waals surface area (Å²) in [5.41, 5.74) is 0.563. The van der Waals surface area contributed by atoms with Crippen LogP contribution in [0.25, 0.3) is 11.1 Å². The Morgan fingerprint density at radius 1 is 1.17 bits per heavy atom. The van der Waals surface area contributed by atoms with Gasteiger partial charge in [-0.05, 0) is 35.4 Å². The molecule has 156 valence electrons. The molecule has 0 radical (unpaired) electrons. The van der Waals surface area contributed by atoms with Crippen LogP contribution in [0, 0.1) is 0 Å². The summed E-state index contributed by atoms with van der Waals surface area (Å²) in [5.74, 6) is -1.72. The van der Waals surface area contributed by atoms with Gasteiger partial charge in [-0.2, -0.15) is 18.3 Å². The van der Waals surface area contributed by atoms with E-state index in [0.717, 1.165) is 23.9 Å². The van der Waals surface area contributed by atoms with Gasteiger partial charge in [-0.1, -0.05) is 30.0 Å². The number of phenols is 1. The van der Waals surface area contributed by atoms with Crippen molar-refractivity contribution in [1.82, 2.24) is 5.32 Å². The number of nitrogens with one attached hydrogen (secondary N) is 1. The third-order valence-corrected chi connectivity index (χ3v) is 5.13. The van der Waals surface area contributed by atoms with E-state index < -0.39 is 28.9 Å². The molecule has 30 heavy (non-hydrogen) atoms. The van der Waals surface area contributed by atoms with Crippen molar-refractivity contribution in [2.75, 3.05) is 0 Å². The Balaban J connectivity index is 1.76. The van der Waals surface area contributed by atoms with E-state index in [9.17, 15) is 27.9 Å². The standard InChI is InChI=1S/C19H14F3N3O4S/c20-19(21,22)13-4-1-10(2-5-13)11-3-6-14(26)12(7-11)9-23-25-18-24-17(29)15(30-18)8-16(27)28/h1-7,9,15,26H,8H2,(H,27,28)(H,24,25,29). The fourth-order valence-electron chi connectivity index (χ4n) is 2.58. The van der Waals surface area contributed by atoms with Gasteiger partial charge in [0.25, 0.3) is 0 Å². The minimum Gasteiger partial charge on any atom is -0.507 e. The van der Waals surface area contributed by atoms with E-state index in [2.05, 4.69) is 15.5 Å². The zero-order valence-electron chi connectivity index (χ0n) is 15.1. The molecule has 7 nitrogen and oxygen atoms in total. The van der Waals surface area contributed by atoms with Crippen LogP contribution in [0.2, 0.25) is 0 Å². The van der Waals surface area contributed by atoms with Gasteiger partial charge in [-0.25, -0.2) is 0 Å². The van der Waals surface area contributed by atoms with E-state index in [-0.39, 0.29) is 22.9 Å². The highest BCUT2D eigenvalue weighted by Crippen LogP contribution is 2.32. The maximum absolute atomic E-state index is 12.7. The summed E-state index contributed by atoms with van der Waals surface area (Å²) in [6, 6.07) is 9.02. The van der Waals surface area contributed by atoms with Crippen LogP contribution in [-0.2, 0) is 15.8 Å². The van der Waals surface area contributed by atoms with E-state index >= 15 is 0 Å². The Hall–Kier alpha value is -3.34. The van der Waals surface area contributed by atoms with Gasteiger partial charge in [0.15, 0.2) is 5.17 Å². The van der Waals surface area contributed by atoms with Gasteiger partial charge >= 0.3 is 12.1 Å². The molecule has 1 fully saturated rings. The first-order valence-corrected chi connectivity index (χ1v) is 9.32. The number of carboxylic acids is 1. The highest BCUT2D eigenvalue weighted by Gasteiger charge is 2.32.